The minimum atomic E-state index is -0.392. The second-order valence-corrected chi connectivity index (χ2v) is 2.97. The fraction of sp³-hybridized carbons (Fsp3) is 0.300. The molecule has 1 rings (SSSR count). The highest BCUT2D eigenvalue weighted by molar-refractivity contribution is 7.78. The van der Waals surface area contributed by atoms with Crippen molar-refractivity contribution in [1.29, 1.82) is 0 Å². The molecule has 0 aliphatic rings. The van der Waals surface area contributed by atoms with E-state index in [0.29, 0.717) is 0 Å². The summed E-state index contributed by atoms with van der Waals surface area (Å²) in [5.41, 5.74) is 0.751. The van der Waals surface area contributed by atoms with Gasteiger partial charge in [0.25, 0.3) is 0 Å². The molecule has 0 aromatic heterocycles. The zero-order valence-corrected chi connectivity index (χ0v) is 8.77. The van der Waals surface area contributed by atoms with Crippen molar-refractivity contribution in [2.45, 2.75) is 13.0 Å². The molecule has 0 unspecified atom stereocenters. The van der Waals surface area contributed by atoms with Gasteiger partial charge in [0, 0.05) is 0 Å². The zero-order valence-electron chi connectivity index (χ0n) is 7.95. The fourth-order valence-corrected chi connectivity index (χ4v) is 1.25. The van der Waals surface area contributed by atoms with Crippen LogP contribution in [0, 0.1) is 5.82 Å². The number of isothiocyanates is 1. The Hall–Kier alpha value is -1.25. The molecule has 74 valence electrons. The van der Waals surface area contributed by atoms with Crippen LogP contribution in [0.1, 0.15) is 18.5 Å². The van der Waals surface area contributed by atoms with Crippen LogP contribution in [-0.2, 0) is 0 Å². The molecule has 0 spiro atoms. The van der Waals surface area contributed by atoms with Gasteiger partial charge in [0.1, 0.15) is 0 Å². The topological polar surface area (TPSA) is 21.6 Å². The number of nitrogens with zero attached hydrogens (tertiary/aromatic N) is 1. The van der Waals surface area contributed by atoms with Gasteiger partial charge in [0.15, 0.2) is 11.6 Å². The van der Waals surface area contributed by atoms with Crippen molar-refractivity contribution in [3.8, 4) is 5.75 Å². The summed E-state index contributed by atoms with van der Waals surface area (Å²) in [5.74, 6) is -0.163. The third-order valence-electron chi connectivity index (χ3n) is 1.90. The predicted octanol–water partition coefficient (Wildman–Crippen LogP) is 3.00. The zero-order chi connectivity index (χ0) is 10.6. The molecular formula is C10H10FNOS. The second-order valence-electron chi connectivity index (χ2n) is 2.79. The molecule has 0 N–H and O–H groups in total. The van der Waals surface area contributed by atoms with E-state index >= 15 is 0 Å². The summed E-state index contributed by atoms with van der Waals surface area (Å²) >= 11 is 4.47. The maximum absolute atomic E-state index is 13.2. The van der Waals surface area contributed by atoms with Crippen LogP contribution >= 0.6 is 12.2 Å². The highest BCUT2D eigenvalue weighted by Crippen LogP contribution is 2.23. The maximum atomic E-state index is 13.2. The Morgan fingerprint density at radius 3 is 2.79 bits per heavy atom. The molecule has 1 aromatic carbocycles. The summed E-state index contributed by atoms with van der Waals surface area (Å²) in [4.78, 5) is 3.85. The molecule has 0 saturated heterocycles. The van der Waals surface area contributed by atoms with Crippen LogP contribution in [0.15, 0.2) is 23.2 Å². The van der Waals surface area contributed by atoms with Gasteiger partial charge in [-0.2, -0.15) is 0 Å². The lowest BCUT2D eigenvalue weighted by molar-refractivity contribution is 0.386. The molecule has 0 aliphatic heterocycles. The molecule has 0 saturated carbocycles. The van der Waals surface area contributed by atoms with Crippen molar-refractivity contribution in [2.24, 2.45) is 4.99 Å². The molecule has 4 heteroatoms. The van der Waals surface area contributed by atoms with Crippen LogP contribution in [0.4, 0.5) is 4.39 Å². The van der Waals surface area contributed by atoms with E-state index in [4.69, 9.17) is 4.74 Å². The number of rotatable bonds is 3. The maximum Gasteiger partial charge on any atom is 0.165 e. The summed E-state index contributed by atoms with van der Waals surface area (Å²) in [5, 5.41) is 2.27. The van der Waals surface area contributed by atoms with Crippen LogP contribution in [0.3, 0.4) is 0 Å². The van der Waals surface area contributed by atoms with E-state index in [0.717, 1.165) is 5.56 Å². The highest BCUT2D eigenvalue weighted by atomic mass is 32.1. The Bertz CT molecular complexity index is 374. The van der Waals surface area contributed by atoms with Crippen LogP contribution in [0.2, 0.25) is 0 Å². The lowest BCUT2D eigenvalue weighted by Gasteiger charge is -2.07. The van der Waals surface area contributed by atoms with Gasteiger partial charge in [0.2, 0.25) is 0 Å². The van der Waals surface area contributed by atoms with Crippen molar-refractivity contribution >= 4 is 17.4 Å². The number of halogens is 1. The third-order valence-corrected chi connectivity index (χ3v) is 2.01. The monoisotopic (exact) mass is 211 g/mol. The van der Waals surface area contributed by atoms with E-state index in [1.54, 1.807) is 12.1 Å². The second kappa shape index (κ2) is 4.84. The summed E-state index contributed by atoms with van der Waals surface area (Å²) in [6.07, 6.45) is 0. The quantitative estimate of drug-likeness (QED) is 0.566. The first-order valence-corrected chi connectivity index (χ1v) is 4.50. The number of hydrogen-bond acceptors (Lipinski definition) is 3. The largest absolute Gasteiger partial charge is 0.494 e. The molecule has 2 nitrogen and oxygen atoms in total. The Morgan fingerprint density at radius 2 is 2.29 bits per heavy atom. The SMILES string of the molecule is COc1ccc([C@H](C)N=C=S)cc1F. The standard InChI is InChI=1S/C10H10FNOS/c1-7(12-6-14)8-3-4-10(13-2)9(11)5-8/h3-5,7H,1-2H3/t7-/m0/s1. The lowest BCUT2D eigenvalue weighted by atomic mass is 10.1. The molecular weight excluding hydrogens is 201 g/mol. The molecule has 0 fully saturated rings. The molecule has 14 heavy (non-hydrogen) atoms. The van der Waals surface area contributed by atoms with Gasteiger partial charge in [-0.1, -0.05) is 6.07 Å². The average molecular weight is 211 g/mol. The van der Waals surface area contributed by atoms with Crippen molar-refractivity contribution < 1.29 is 9.13 Å². The smallest absolute Gasteiger partial charge is 0.165 e. The average Bonchev–Trinajstić information content (AvgIpc) is 2.18. The fourth-order valence-electron chi connectivity index (χ4n) is 1.10. The van der Waals surface area contributed by atoms with Crippen molar-refractivity contribution in [3.63, 3.8) is 0 Å². The summed E-state index contributed by atoms with van der Waals surface area (Å²) in [6, 6.07) is 4.54. The van der Waals surface area contributed by atoms with Crippen molar-refractivity contribution in [3.05, 3.63) is 29.6 Å². The number of aliphatic imine (C=N–C) groups is 1. The number of benzene rings is 1. The van der Waals surface area contributed by atoms with Crippen molar-refractivity contribution in [2.75, 3.05) is 7.11 Å². The van der Waals surface area contributed by atoms with Gasteiger partial charge >= 0.3 is 0 Å². The van der Waals surface area contributed by atoms with E-state index in [2.05, 4.69) is 22.4 Å². The van der Waals surface area contributed by atoms with Crippen LogP contribution in [0.25, 0.3) is 0 Å². The van der Waals surface area contributed by atoms with E-state index in [1.165, 1.54) is 13.2 Å². The van der Waals surface area contributed by atoms with E-state index < -0.39 is 5.82 Å². The van der Waals surface area contributed by atoms with Crippen LogP contribution in [0.5, 0.6) is 5.75 Å². The van der Waals surface area contributed by atoms with Crippen molar-refractivity contribution in [1.82, 2.24) is 0 Å². The first kappa shape index (κ1) is 10.8. The predicted molar refractivity (Wildman–Crippen MR) is 56.4 cm³/mol. The van der Waals surface area contributed by atoms with Gasteiger partial charge in [-0.15, -0.1) is 0 Å². The lowest BCUT2D eigenvalue weighted by Crippen LogP contribution is -1.93. The number of methoxy groups -OCH3 is 1. The number of hydrogen-bond donors (Lipinski definition) is 0. The first-order valence-electron chi connectivity index (χ1n) is 4.09. The minimum absolute atomic E-state index is 0.173. The minimum Gasteiger partial charge on any atom is -0.494 e. The normalized spacial score (nSPS) is 11.6. The summed E-state index contributed by atoms with van der Waals surface area (Å²) < 4.78 is 18.0. The molecule has 1 aromatic rings. The Kier molecular flexibility index (Phi) is 3.74. The molecule has 1 atom stereocenters. The molecule has 0 bridgehead atoms. The van der Waals surface area contributed by atoms with Crippen LogP contribution in [-0.4, -0.2) is 12.3 Å². The number of ether oxygens (including phenoxy) is 1. The van der Waals surface area contributed by atoms with Gasteiger partial charge in [-0.3, -0.25) is 0 Å². The summed E-state index contributed by atoms with van der Waals surface area (Å²) in [6.45, 7) is 1.82. The van der Waals surface area contributed by atoms with Gasteiger partial charge in [0.05, 0.1) is 18.3 Å². The summed E-state index contributed by atoms with van der Waals surface area (Å²) in [7, 11) is 1.43. The molecule has 0 amide bonds. The Balaban J connectivity index is 3.01. The third kappa shape index (κ3) is 2.37. The molecule has 0 aliphatic carbocycles. The van der Waals surface area contributed by atoms with E-state index in [9.17, 15) is 4.39 Å². The van der Waals surface area contributed by atoms with Gasteiger partial charge in [-0.25, -0.2) is 9.38 Å². The van der Waals surface area contributed by atoms with Crippen LogP contribution < -0.4 is 4.74 Å². The van der Waals surface area contributed by atoms with E-state index in [-0.39, 0.29) is 11.8 Å². The first-order chi connectivity index (χ1) is 6.69. The van der Waals surface area contributed by atoms with Gasteiger partial charge < -0.3 is 4.74 Å². The highest BCUT2D eigenvalue weighted by Gasteiger charge is 2.07. The molecule has 0 heterocycles. The molecule has 0 radical (unpaired) electrons. The Morgan fingerprint density at radius 1 is 1.57 bits per heavy atom. The van der Waals surface area contributed by atoms with E-state index in [1.807, 2.05) is 6.92 Å². The Labute approximate surface area is 87.4 Å². The number of thiocarbonyl (C=S) groups is 1. The van der Waals surface area contributed by atoms with Gasteiger partial charge in [-0.05, 0) is 36.8 Å².